The topological polar surface area (TPSA) is 58.6 Å². The van der Waals surface area contributed by atoms with E-state index in [2.05, 4.69) is 5.32 Å². The molecular formula is C16H22N2O3. The molecule has 0 aliphatic carbocycles. The Bertz CT molecular complexity index is 503. The first-order chi connectivity index (χ1) is 9.99. The lowest BCUT2D eigenvalue weighted by Gasteiger charge is -2.35. The predicted molar refractivity (Wildman–Crippen MR) is 81.3 cm³/mol. The van der Waals surface area contributed by atoms with Gasteiger partial charge in [-0.25, -0.2) is 0 Å². The van der Waals surface area contributed by atoms with Crippen LogP contribution in [0.1, 0.15) is 37.6 Å². The largest absolute Gasteiger partial charge is 0.372 e. The second kappa shape index (κ2) is 6.72. The quantitative estimate of drug-likeness (QED) is 0.929. The van der Waals surface area contributed by atoms with Crippen LogP contribution in [0.3, 0.4) is 0 Å². The summed E-state index contributed by atoms with van der Waals surface area (Å²) in [5, 5.41) is 2.77. The molecule has 2 rings (SSSR count). The van der Waals surface area contributed by atoms with Gasteiger partial charge in [-0.2, -0.15) is 0 Å². The smallest absolute Gasteiger partial charge is 0.254 e. The summed E-state index contributed by atoms with van der Waals surface area (Å²) in [6.45, 7) is 6.96. The minimum atomic E-state index is -0.0371. The molecule has 2 atom stereocenters. The molecule has 5 nitrogen and oxygen atoms in total. The maximum atomic E-state index is 12.5. The molecule has 5 heteroatoms. The maximum absolute atomic E-state index is 12.5. The Morgan fingerprint density at radius 3 is 2.29 bits per heavy atom. The van der Waals surface area contributed by atoms with Crippen molar-refractivity contribution in [1.29, 1.82) is 0 Å². The number of ether oxygens (including phenoxy) is 1. The summed E-state index contributed by atoms with van der Waals surface area (Å²) in [6, 6.07) is 7.01. The highest BCUT2D eigenvalue weighted by molar-refractivity contribution is 5.95. The fraction of sp³-hybridized carbons (Fsp3) is 0.500. The molecule has 1 aromatic rings. The molecular weight excluding hydrogens is 268 g/mol. The van der Waals surface area contributed by atoms with E-state index in [0.29, 0.717) is 30.8 Å². The molecule has 114 valence electrons. The van der Waals surface area contributed by atoms with Gasteiger partial charge < -0.3 is 15.0 Å². The number of hydrogen-bond acceptors (Lipinski definition) is 3. The minimum absolute atomic E-state index is 0.00497. The van der Waals surface area contributed by atoms with Crippen LogP contribution in [0.2, 0.25) is 0 Å². The Kier molecular flexibility index (Phi) is 4.96. The Balaban J connectivity index is 2.04. The molecule has 0 saturated carbocycles. The molecule has 1 heterocycles. The number of carbonyl (C=O) groups is 2. The fourth-order valence-corrected chi connectivity index (χ4v) is 2.47. The number of morpholine rings is 1. The highest BCUT2D eigenvalue weighted by Gasteiger charge is 2.26. The van der Waals surface area contributed by atoms with E-state index in [4.69, 9.17) is 4.74 Å². The van der Waals surface area contributed by atoms with Crippen molar-refractivity contribution in [3.63, 3.8) is 0 Å². The second-order valence-corrected chi connectivity index (χ2v) is 5.45. The number of nitrogens with one attached hydrogen (secondary N) is 1. The third kappa shape index (κ3) is 4.04. The summed E-state index contributed by atoms with van der Waals surface area (Å²) in [5.74, 6) is -0.0322. The molecule has 1 N–H and O–H groups in total. The molecule has 2 amide bonds. The Labute approximate surface area is 125 Å². The fourth-order valence-electron chi connectivity index (χ4n) is 2.47. The molecule has 0 spiro atoms. The van der Waals surface area contributed by atoms with Crippen LogP contribution in [0.25, 0.3) is 0 Å². The van der Waals surface area contributed by atoms with E-state index in [-0.39, 0.29) is 24.0 Å². The third-order valence-electron chi connectivity index (χ3n) is 3.44. The maximum Gasteiger partial charge on any atom is 0.254 e. The Hall–Kier alpha value is -1.88. The first-order valence-electron chi connectivity index (χ1n) is 7.34. The first-order valence-corrected chi connectivity index (χ1v) is 7.34. The summed E-state index contributed by atoms with van der Waals surface area (Å²) in [7, 11) is 0. The van der Waals surface area contributed by atoms with Crippen LogP contribution in [0.4, 0.5) is 5.69 Å². The lowest BCUT2D eigenvalue weighted by atomic mass is 10.1. The summed E-state index contributed by atoms with van der Waals surface area (Å²) < 4.78 is 5.64. The number of benzene rings is 1. The van der Waals surface area contributed by atoms with Crippen LogP contribution in [0.15, 0.2) is 24.3 Å². The number of anilines is 1. The van der Waals surface area contributed by atoms with E-state index >= 15 is 0 Å². The van der Waals surface area contributed by atoms with E-state index < -0.39 is 0 Å². The van der Waals surface area contributed by atoms with Crippen molar-refractivity contribution in [2.75, 3.05) is 18.4 Å². The molecule has 21 heavy (non-hydrogen) atoms. The van der Waals surface area contributed by atoms with E-state index in [0.717, 1.165) is 0 Å². The second-order valence-electron chi connectivity index (χ2n) is 5.45. The number of amides is 2. The van der Waals surface area contributed by atoms with Crippen molar-refractivity contribution in [2.24, 2.45) is 0 Å². The number of nitrogens with zero attached hydrogens (tertiary/aromatic N) is 1. The molecule has 1 aromatic carbocycles. The number of hydrogen-bond donors (Lipinski definition) is 1. The van der Waals surface area contributed by atoms with Gasteiger partial charge in [0, 0.05) is 30.8 Å². The molecule has 0 bridgehead atoms. The van der Waals surface area contributed by atoms with Gasteiger partial charge in [0.2, 0.25) is 5.91 Å². The van der Waals surface area contributed by atoms with Crippen molar-refractivity contribution in [1.82, 2.24) is 4.90 Å². The first kappa shape index (κ1) is 15.5. The Morgan fingerprint density at radius 2 is 1.76 bits per heavy atom. The third-order valence-corrected chi connectivity index (χ3v) is 3.44. The summed E-state index contributed by atoms with van der Waals surface area (Å²) >= 11 is 0. The van der Waals surface area contributed by atoms with E-state index in [1.807, 2.05) is 18.7 Å². The van der Waals surface area contributed by atoms with Gasteiger partial charge in [0.15, 0.2) is 0 Å². The van der Waals surface area contributed by atoms with Crippen LogP contribution in [-0.2, 0) is 9.53 Å². The van der Waals surface area contributed by atoms with Crippen LogP contribution >= 0.6 is 0 Å². The highest BCUT2D eigenvalue weighted by Crippen LogP contribution is 2.16. The van der Waals surface area contributed by atoms with Gasteiger partial charge in [-0.15, -0.1) is 0 Å². The average molecular weight is 290 g/mol. The van der Waals surface area contributed by atoms with Gasteiger partial charge >= 0.3 is 0 Å². The van der Waals surface area contributed by atoms with Crippen LogP contribution < -0.4 is 5.32 Å². The van der Waals surface area contributed by atoms with E-state index in [9.17, 15) is 9.59 Å². The van der Waals surface area contributed by atoms with Gasteiger partial charge in [-0.1, -0.05) is 6.92 Å². The van der Waals surface area contributed by atoms with Gasteiger partial charge in [0.25, 0.3) is 5.91 Å². The molecule has 0 unspecified atom stereocenters. The van der Waals surface area contributed by atoms with E-state index in [1.54, 1.807) is 31.2 Å². The number of rotatable bonds is 3. The van der Waals surface area contributed by atoms with Gasteiger partial charge in [0.05, 0.1) is 12.2 Å². The molecule has 0 radical (unpaired) electrons. The van der Waals surface area contributed by atoms with E-state index in [1.165, 1.54) is 0 Å². The van der Waals surface area contributed by atoms with Crippen molar-refractivity contribution < 1.29 is 14.3 Å². The van der Waals surface area contributed by atoms with Gasteiger partial charge in [-0.05, 0) is 38.1 Å². The Morgan fingerprint density at radius 1 is 1.19 bits per heavy atom. The van der Waals surface area contributed by atoms with Crippen LogP contribution in [0, 0.1) is 0 Å². The lowest BCUT2D eigenvalue weighted by molar-refractivity contribution is -0.115. The summed E-state index contributed by atoms with van der Waals surface area (Å²) in [5.41, 5.74) is 1.34. The predicted octanol–water partition coefficient (Wildman–Crippen LogP) is 2.28. The van der Waals surface area contributed by atoms with Gasteiger partial charge in [0.1, 0.15) is 0 Å². The standard InChI is InChI=1S/C16H22N2O3/c1-4-15(19)17-14-7-5-13(6-8-14)16(20)18-9-11(2)21-12(3)10-18/h5-8,11-12H,4,9-10H2,1-3H3,(H,17,19)/t11-,12+. The molecule has 1 fully saturated rings. The zero-order valence-corrected chi connectivity index (χ0v) is 12.8. The normalized spacial score (nSPS) is 22.0. The zero-order valence-electron chi connectivity index (χ0n) is 12.8. The molecule has 1 saturated heterocycles. The van der Waals surface area contributed by atoms with Crippen molar-refractivity contribution in [3.05, 3.63) is 29.8 Å². The minimum Gasteiger partial charge on any atom is -0.372 e. The molecule has 0 aromatic heterocycles. The lowest BCUT2D eigenvalue weighted by Crippen LogP contribution is -2.48. The van der Waals surface area contributed by atoms with Crippen molar-refractivity contribution in [3.8, 4) is 0 Å². The van der Waals surface area contributed by atoms with Crippen LogP contribution in [0.5, 0.6) is 0 Å². The highest BCUT2D eigenvalue weighted by atomic mass is 16.5. The summed E-state index contributed by atoms with van der Waals surface area (Å²) in [4.78, 5) is 25.6. The molecule has 1 aliphatic heterocycles. The zero-order chi connectivity index (χ0) is 15.4. The molecule has 1 aliphatic rings. The number of carbonyl (C=O) groups excluding carboxylic acids is 2. The van der Waals surface area contributed by atoms with Crippen molar-refractivity contribution >= 4 is 17.5 Å². The monoisotopic (exact) mass is 290 g/mol. The van der Waals surface area contributed by atoms with Crippen LogP contribution in [-0.4, -0.2) is 42.0 Å². The summed E-state index contributed by atoms with van der Waals surface area (Å²) in [6.07, 6.45) is 0.547. The average Bonchev–Trinajstić information content (AvgIpc) is 2.46. The van der Waals surface area contributed by atoms with Crippen molar-refractivity contribution in [2.45, 2.75) is 39.4 Å². The SMILES string of the molecule is CCC(=O)Nc1ccc(C(=O)N2C[C@@H](C)O[C@@H](C)C2)cc1. The van der Waals surface area contributed by atoms with Gasteiger partial charge in [-0.3, -0.25) is 9.59 Å².